The van der Waals surface area contributed by atoms with Gasteiger partial charge in [0, 0.05) is 21.9 Å². The van der Waals surface area contributed by atoms with Crippen LogP contribution >= 0.6 is 11.6 Å². The fourth-order valence-electron chi connectivity index (χ4n) is 1.82. The van der Waals surface area contributed by atoms with E-state index in [-0.39, 0.29) is 0 Å². The second kappa shape index (κ2) is 3.26. The van der Waals surface area contributed by atoms with Gasteiger partial charge in [-0.2, -0.15) is 5.26 Å². The Kier molecular flexibility index (Phi) is 1.89. The zero-order chi connectivity index (χ0) is 11.1. The van der Waals surface area contributed by atoms with Crippen LogP contribution in [0.1, 0.15) is 5.56 Å². The highest BCUT2D eigenvalue weighted by atomic mass is 35.5. The molecule has 16 heavy (non-hydrogen) atoms. The summed E-state index contributed by atoms with van der Waals surface area (Å²) in [5.41, 5.74) is 2.06. The van der Waals surface area contributed by atoms with E-state index >= 15 is 0 Å². The lowest BCUT2D eigenvalue weighted by atomic mass is 10.1. The minimum absolute atomic E-state index is 0.595. The fourth-order valence-corrected chi connectivity index (χ4v) is 1.98. The second-order valence-electron chi connectivity index (χ2n) is 3.57. The average molecular weight is 228 g/mol. The van der Waals surface area contributed by atoms with Crippen LogP contribution in [0.3, 0.4) is 0 Å². The number of fused-ring (bicyclic) bond motifs is 3. The van der Waals surface area contributed by atoms with Crippen LogP contribution in [-0.2, 0) is 0 Å². The van der Waals surface area contributed by atoms with Gasteiger partial charge in [0.15, 0.2) is 0 Å². The van der Waals surface area contributed by atoms with Gasteiger partial charge in [-0.15, -0.1) is 0 Å². The molecular formula is C13H6ClNO. The molecule has 0 aliphatic carbocycles. The molecule has 0 radical (unpaired) electrons. The highest BCUT2D eigenvalue weighted by molar-refractivity contribution is 6.31. The van der Waals surface area contributed by atoms with E-state index in [0.29, 0.717) is 10.6 Å². The number of hydrogen-bond acceptors (Lipinski definition) is 2. The van der Waals surface area contributed by atoms with Crippen LogP contribution in [-0.4, -0.2) is 0 Å². The summed E-state index contributed by atoms with van der Waals surface area (Å²) in [6.45, 7) is 0. The van der Waals surface area contributed by atoms with Crippen LogP contribution in [0.15, 0.2) is 40.8 Å². The molecule has 0 aliphatic heterocycles. The molecular weight excluding hydrogens is 222 g/mol. The average Bonchev–Trinajstić information content (AvgIpc) is 2.64. The second-order valence-corrected chi connectivity index (χ2v) is 4.00. The van der Waals surface area contributed by atoms with Crippen molar-refractivity contribution in [3.8, 4) is 6.07 Å². The molecule has 3 heteroatoms. The topological polar surface area (TPSA) is 36.9 Å². The van der Waals surface area contributed by atoms with E-state index in [9.17, 15) is 0 Å². The van der Waals surface area contributed by atoms with Crippen LogP contribution in [0.25, 0.3) is 21.9 Å². The van der Waals surface area contributed by atoms with E-state index in [4.69, 9.17) is 21.3 Å². The molecule has 1 heterocycles. The van der Waals surface area contributed by atoms with Crippen LogP contribution < -0.4 is 0 Å². The van der Waals surface area contributed by atoms with Gasteiger partial charge < -0.3 is 4.42 Å². The van der Waals surface area contributed by atoms with E-state index in [1.807, 2.05) is 18.2 Å². The Balaban J connectivity index is 2.46. The van der Waals surface area contributed by atoms with Crippen molar-refractivity contribution in [3.63, 3.8) is 0 Å². The van der Waals surface area contributed by atoms with E-state index in [1.54, 1.807) is 18.2 Å². The summed E-state index contributed by atoms with van der Waals surface area (Å²) in [6.07, 6.45) is 0. The number of nitriles is 1. The number of benzene rings is 2. The molecule has 0 atom stereocenters. The molecule has 0 saturated carbocycles. The Hall–Kier alpha value is -1.98. The number of nitrogens with zero attached hydrogens (tertiary/aromatic N) is 1. The van der Waals surface area contributed by atoms with Gasteiger partial charge in [-0.05, 0) is 30.3 Å². The lowest BCUT2D eigenvalue weighted by Gasteiger charge is -1.89. The number of halogens is 1. The van der Waals surface area contributed by atoms with Gasteiger partial charge in [0.2, 0.25) is 0 Å². The molecule has 76 valence electrons. The quantitative estimate of drug-likeness (QED) is 0.580. The maximum atomic E-state index is 8.80. The maximum absolute atomic E-state index is 8.80. The third-order valence-electron chi connectivity index (χ3n) is 2.56. The molecule has 2 aromatic carbocycles. The highest BCUT2D eigenvalue weighted by Gasteiger charge is 2.07. The third kappa shape index (κ3) is 1.26. The monoisotopic (exact) mass is 227 g/mol. The van der Waals surface area contributed by atoms with E-state index in [1.165, 1.54) is 0 Å². The lowest BCUT2D eigenvalue weighted by molar-refractivity contribution is 0.669. The van der Waals surface area contributed by atoms with Crippen LogP contribution in [0.5, 0.6) is 0 Å². The van der Waals surface area contributed by atoms with E-state index < -0.39 is 0 Å². The minimum atomic E-state index is 0.595. The smallest absolute Gasteiger partial charge is 0.136 e. The summed E-state index contributed by atoms with van der Waals surface area (Å²) < 4.78 is 5.64. The summed E-state index contributed by atoms with van der Waals surface area (Å²) in [5, 5.41) is 11.5. The molecule has 1 aromatic heterocycles. The molecule has 0 unspecified atom stereocenters. The number of furan rings is 1. The van der Waals surface area contributed by atoms with E-state index in [0.717, 1.165) is 21.9 Å². The molecule has 0 fully saturated rings. The molecule has 0 aliphatic rings. The summed E-state index contributed by atoms with van der Waals surface area (Å²) in [4.78, 5) is 0. The summed E-state index contributed by atoms with van der Waals surface area (Å²) in [5.74, 6) is 0. The molecule has 0 N–H and O–H groups in total. The maximum Gasteiger partial charge on any atom is 0.136 e. The zero-order valence-electron chi connectivity index (χ0n) is 8.20. The summed E-state index contributed by atoms with van der Waals surface area (Å²) in [6, 6.07) is 13.0. The minimum Gasteiger partial charge on any atom is -0.456 e. The van der Waals surface area contributed by atoms with Crippen LogP contribution in [0, 0.1) is 11.3 Å². The molecule has 0 saturated heterocycles. The largest absolute Gasteiger partial charge is 0.456 e. The predicted octanol–water partition coefficient (Wildman–Crippen LogP) is 4.11. The Bertz CT molecular complexity index is 737. The van der Waals surface area contributed by atoms with Gasteiger partial charge in [0.25, 0.3) is 0 Å². The third-order valence-corrected chi connectivity index (χ3v) is 2.80. The molecule has 2 nitrogen and oxygen atoms in total. The summed E-state index contributed by atoms with van der Waals surface area (Å²) >= 11 is 5.89. The first kappa shape index (κ1) is 9.26. The van der Waals surface area contributed by atoms with Gasteiger partial charge in [-0.3, -0.25) is 0 Å². The fraction of sp³-hybridized carbons (Fsp3) is 0. The van der Waals surface area contributed by atoms with Crippen molar-refractivity contribution in [2.45, 2.75) is 0 Å². The van der Waals surface area contributed by atoms with Gasteiger partial charge in [0.05, 0.1) is 11.6 Å². The predicted molar refractivity (Wildman–Crippen MR) is 63.4 cm³/mol. The lowest BCUT2D eigenvalue weighted by Crippen LogP contribution is -1.71. The molecule has 0 spiro atoms. The molecule has 3 rings (SSSR count). The van der Waals surface area contributed by atoms with Crippen molar-refractivity contribution >= 4 is 33.5 Å². The standard InChI is InChI=1S/C13H6ClNO/c14-9-2-4-11-10-3-1-8(7-15)5-12(10)16-13(11)6-9/h1-6H. The number of rotatable bonds is 0. The summed E-state index contributed by atoms with van der Waals surface area (Å²) in [7, 11) is 0. The van der Waals surface area contributed by atoms with Crippen molar-refractivity contribution in [2.24, 2.45) is 0 Å². The zero-order valence-corrected chi connectivity index (χ0v) is 8.95. The first-order chi connectivity index (χ1) is 7.78. The van der Waals surface area contributed by atoms with Gasteiger partial charge in [-0.25, -0.2) is 0 Å². The van der Waals surface area contributed by atoms with Crippen molar-refractivity contribution < 1.29 is 4.42 Å². The Morgan fingerprint density at radius 2 is 1.69 bits per heavy atom. The Morgan fingerprint density at radius 1 is 1.00 bits per heavy atom. The Morgan fingerprint density at radius 3 is 2.44 bits per heavy atom. The first-order valence-corrected chi connectivity index (χ1v) is 5.17. The van der Waals surface area contributed by atoms with Crippen molar-refractivity contribution in [2.75, 3.05) is 0 Å². The Labute approximate surface area is 96.6 Å². The van der Waals surface area contributed by atoms with Gasteiger partial charge in [0.1, 0.15) is 11.2 Å². The SMILES string of the molecule is N#Cc1ccc2c(c1)oc1cc(Cl)ccc12. The molecule has 0 bridgehead atoms. The van der Waals surface area contributed by atoms with Crippen LogP contribution in [0.2, 0.25) is 5.02 Å². The van der Waals surface area contributed by atoms with Crippen molar-refractivity contribution in [1.82, 2.24) is 0 Å². The van der Waals surface area contributed by atoms with Crippen molar-refractivity contribution in [1.29, 1.82) is 5.26 Å². The van der Waals surface area contributed by atoms with Crippen molar-refractivity contribution in [3.05, 3.63) is 47.0 Å². The molecule has 0 amide bonds. The van der Waals surface area contributed by atoms with Gasteiger partial charge in [-0.1, -0.05) is 11.6 Å². The number of hydrogen-bond donors (Lipinski definition) is 0. The van der Waals surface area contributed by atoms with Gasteiger partial charge >= 0.3 is 0 Å². The van der Waals surface area contributed by atoms with E-state index in [2.05, 4.69) is 6.07 Å². The normalized spacial score (nSPS) is 10.8. The van der Waals surface area contributed by atoms with Crippen LogP contribution in [0.4, 0.5) is 0 Å². The molecule has 3 aromatic rings. The highest BCUT2D eigenvalue weighted by Crippen LogP contribution is 2.30. The first-order valence-electron chi connectivity index (χ1n) is 4.80.